The summed E-state index contributed by atoms with van der Waals surface area (Å²) in [5, 5.41) is 0. The Bertz CT molecular complexity index is 1130. The van der Waals surface area contributed by atoms with Gasteiger partial charge in [-0.2, -0.15) is 0 Å². The first-order valence-corrected chi connectivity index (χ1v) is 8.68. The van der Waals surface area contributed by atoms with E-state index in [0.717, 1.165) is 22.6 Å². The molecule has 3 aromatic carbocycles. The van der Waals surface area contributed by atoms with Gasteiger partial charge in [-0.1, -0.05) is 42.5 Å². The Kier molecular flexibility index (Phi) is 4.35. The number of benzene rings is 3. The van der Waals surface area contributed by atoms with Crippen LogP contribution in [0.4, 0.5) is 14.5 Å². The first-order valence-electron chi connectivity index (χ1n) is 8.68. The minimum absolute atomic E-state index is 0.0578. The zero-order valence-electron chi connectivity index (χ0n) is 14.9. The van der Waals surface area contributed by atoms with E-state index >= 15 is 0 Å². The van der Waals surface area contributed by atoms with Crippen molar-refractivity contribution >= 4 is 29.2 Å². The summed E-state index contributed by atoms with van der Waals surface area (Å²) < 4.78 is 28.4. The molecule has 1 aliphatic heterocycles. The molecule has 0 unspecified atom stereocenters. The fourth-order valence-electron chi connectivity index (χ4n) is 3.32. The van der Waals surface area contributed by atoms with Gasteiger partial charge in [0.1, 0.15) is 11.6 Å². The Morgan fingerprint density at radius 2 is 1.36 bits per heavy atom. The summed E-state index contributed by atoms with van der Waals surface area (Å²) in [6, 6.07) is 17.0. The van der Waals surface area contributed by atoms with Crippen molar-refractivity contribution in [3.63, 3.8) is 0 Å². The lowest BCUT2D eigenvalue weighted by atomic mass is 9.91. The van der Waals surface area contributed by atoms with Crippen molar-refractivity contribution in [3.05, 3.63) is 101 Å². The fraction of sp³-hybridized carbons (Fsp3) is 0.0435. The number of halogens is 2. The molecule has 0 radical (unpaired) electrons. The van der Waals surface area contributed by atoms with E-state index in [4.69, 9.17) is 0 Å². The second-order valence-electron chi connectivity index (χ2n) is 6.47. The standard InChI is InChI=1S/C23H15F2NO2/c1-14-7-2-5-12-21(14)26-22(27)16-9-4-3-8-15(16)17(23(26)28)13-18-19(24)10-6-11-20(18)25/h2-13H,1H3. The number of carbonyl (C=O) groups is 2. The van der Waals surface area contributed by atoms with Gasteiger partial charge in [-0.3, -0.25) is 9.59 Å². The van der Waals surface area contributed by atoms with Crippen LogP contribution in [0.25, 0.3) is 11.6 Å². The zero-order chi connectivity index (χ0) is 19.8. The van der Waals surface area contributed by atoms with Crippen LogP contribution >= 0.6 is 0 Å². The summed E-state index contributed by atoms with van der Waals surface area (Å²) in [6.45, 7) is 1.79. The highest BCUT2D eigenvalue weighted by Gasteiger charge is 2.36. The Morgan fingerprint density at radius 3 is 2.04 bits per heavy atom. The van der Waals surface area contributed by atoms with E-state index < -0.39 is 23.4 Å². The Morgan fingerprint density at radius 1 is 0.750 bits per heavy atom. The average molecular weight is 375 g/mol. The van der Waals surface area contributed by atoms with Crippen molar-refractivity contribution in [2.75, 3.05) is 4.90 Å². The SMILES string of the molecule is Cc1ccccc1N1C(=O)C(=Cc2c(F)cccc2F)c2ccccc2C1=O. The average Bonchev–Trinajstić information content (AvgIpc) is 2.68. The summed E-state index contributed by atoms with van der Waals surface area (Å²) in [7, 11) is 0. The molecule has 138 valence electrons. The number of nitrogens with zero attached hydrogens (tertiary/aromatic N) is 1. The van der Waals surface area contributed by atoms with Crippen LogP contribution in [0.5, 0.6) is 0 Å². The number of hydrogen-bond donors (Lipinski definition) is 0. The molecular weight excluding hydrogens is 360 g/mol. The van der Waals surface area contributed by atoms with E-state index in [1.807, 2.05) is 0 Å². The van der Waals surface area contributed by atoms with Crippen LogP contribution in [0, 0.1) is 18.6 Å². The lowest BCUT2D eigenvalue weighted by Crippen LogP contribution is -2.42. The highest BCUT2D eigenvalue weighted by Crippen LogP contribution is 2.35. The molecule has 1 heterocycles. The second-order valence-corrected chi connectivity index (χ2v) is 6.47. The predicted molar refractivity (Wildman–Crippen MR) is 104 cm³/mol. The van der Waals surface area contributed by atoms with Crippen LogP contribution in [0.1, 0.15) is 27.0 Å². The van der Waals surface area contributed by atoms with Gasteiger partial charge < -0.3 is 0 Å². The fourth-order valence-corrected chi connectivity index (χ4v) is 3.32. The molecule has 0 bridgehead atoms. The van der Waals surface area contributed by atoms with Gasteiger partial charge in [-0.15, -0.1) is 0 Å². The van der Waals surface area contributed by atoms with Crippen molar-refractivity contribution < 1.29 is 18.4 Å². The molecule has 5 heteroatoms. The van der Waals surface area contributed by atoms with Crippen LogP contribution in [-0.2, 0) is 4.79 Å². The maximum absolute atomic E-state index is 14.2. The number of carbonyl (C=O) groups excluding carboxylic acids is 2. The molecule has 0 saturated heterocycles. The van der Waals surface area contributed by atoms with E-state index in [2.05, 4.69) is 0 Å². The van der Waals surface area contributed by atoms with Crippen molar-refractivity contribution in [1.29, 1.82) is 0 Å². The summed E-state index contributed by atoms with van der Waals surface area (Å²) in [6.07, 6.45) is 1.17. The topological polar surface area (TPSA) is 37.4 Å². The third-order valence-corrected chi connectivity index (χ3v) is 4.73. The number of amides is 2. The second kappa shape index (κ2) is 6.85. The smallest absolute Gasteiger partial charge is 0.265 e. The third kappa shape index (κ3) is 2.81. The van der Waals surface area contributed by atoms with Crippen LogP contribution < -0.4 is 4.90 Å². The molecule has 0 spiro atoms. The van der Waals surface area contributed by atoms with Crippen molar-refractivity contribution in [2.45, 2.75) is 6.92 Å². The number of imide groups is 1. The van der Waals surface area contributed by atoms with Crippen molar-refractivity contribution in [1.82, 2.24) is 0 Å². The summed E-state index contributed by atoms with van der Waals surface area (Å²) in [5.41, 5.74) is 1.56. The normalized spacial score (nSPS) is 15.1. The molecule has 0 saturated carbocycles. The number of hydrogen-bond acceptors (Lipinski definition) is 2. The molecule has 28 heavy (non-hydrogen) atoms. The highest BCUT2D eigenvalue weighted by atomic mass is 19.1. The highest BCUT2D eigenvalue weighted by molar-refractivity contribution is 6.43. The van der Waals surface area contributed by atoms with Gasteiger partial charge in [-0.25, -0.2) is 13.7 Å². The number of anilines is 1. The molecule has 1 aliphatic rings. The van der Waals surface area contributed by atoms with E-state index in [0.29, 0.717) is 16.8 Å². The molecule has 0 fully saturated rings. The van der Waals surface area contributed by atoms with Gasteiger partial charge in [0, 0.05) is 16.7 Å². The van der Waals surface area contributed by atoms with Gasteiger partial charge in [0.05, 0.1) is 5.69 Å². The number of para-hydroxylation sites is 1. The predicted octanol–water partition coefficient (Wildman–Crippen LogP) is 5.00. The van der Waals surface area contributed by atoms with Crippen molar-refractivity contribution in [2.24, 2.45) is 0 Å². The first-order chi connectivity index (χ1) is 13.5. The van der Waals surface area contributed by atoms with E-state index in [1.54, 1.807) is 55.5 Å². The monoisotopic (exact) mass is 375 g/mol. The maximum atomic E-state index is 14.2. The zero-order valence-corrected chi connectivity index (χ0v) is 14.9. The molecule has 3 aromatic rings. The Hall–Kier alpha value is -3.60. The summed E-state index contributed by atoms with van der Waals surface area (Å²) in [4.78, 5) is 27.4. The summed E-state index contributed by atoms with van der Waals surface area (Å²) in [5.74, 6) is -2.66. The van der Waals surface area contributed by atoms with Crippen molar-refractivity contribution in [3.8, 4) is 0 Å². The minimum Gasteiger partial charge on any atom is -0.268 e. The van der Waals surface area contributed by atoms with Crippen LogP contribution in [0.2, 0.25) is 0 Å². The van der Waals surface area contributed by atoms with Crippen LogP contribution in [0.15, 0.2) is 66.7 Å². The van der Waals surface area contributed by atoms with Gasteiger partial charge in [0.2, 0.25) is 0 Å². The lowest BCUT2D eigenvalue weighted by molar-refractivity contribution is -0.112. The van der Waals surface area contributed by atoms with E-state index in [-0.39, 0.29) is 11.1 Å². The Labute approximate surface area is 160 Å². The maximum Gasteiger partial charge on any atom is 0.265 e. The molecular formula is C23H15F2NO2. The third-order valence-electron chi connectivity index (χ3n) is 4.73. The molecule has 3 nitrogen and oxygen atoms in total. The van der Waals surface area contributed by atoms with E-state index in [1.165, 1.54) is 12.1 Å². The lowest BCUT2D eigenvalue weighted by Gasteiger charge is -2.29. The molecule has 0 atom stereocenters. The molecule has 0 N–H and O–H groups in total. The number of aryl methyl sites for hydroxylation is 1. The first kappa shape index (κ1) is 17.8. The molecule has 0 aliphatic carbocycles. The molecule has 0 aromatic heterocycles. The Balaban J connectivity index is 1.97. The van der Waals surface area contributed by atoms with Gasteiger partial charge in [0.15, 0.2) is 0 Å². The van der Waals surface area contributed by atoms with Gasteiger partial charge >= 0.3 is 0 Å². The molecule has 2 amide bonds. The molecule has 4 rings (SSSR count). The van der Waals surface area contributed by atoms with Crippen LogP contribution in [0.3, 0.4) is 0 Å². The summed E-state index contributed by atoms with van der Waals surface area (Å²) >= 11 is 0. The number of fused-ring (bicyclic) bond motifs is 1. The van der Waals surface area contributed by atoms with E-state index in [9.17, 15) is 18.4 Å². The van der Waals surface area contributed by atoms with Crippen LogP contribution in [-0.4, -0.2) is 11.8 Å². The van der Waals surface area contributed by atoms with Gasteiger partial charge in [0.25, 0.3) is 11.8 Å². The van der Waals surface area contributed by atoms with Gasteiger partial charge in [-0.05, 0) is 48.4 Å². The number of rotatable bonds is 2. The minimum atomic E-state index is -0.780. The largest absolute Gasteiger partial charge is 0.268 e. The quantitative estimate of drug-likeness (QED) is 0.467.